The summed E-state index contributed by atoms with van der Waals surface area (Å²) in [6.45, 7) is 3.44. The maximum absolute atomic E-state index is 5.91. The number of aromatic nitrogens is 4. The van der Waals surface area contributed by atoms with Crippen molar-refractivity contribution in [3.05, 3.63) is 22.7 Å². The third-order valence-electron chi connectivity index (χ3n) is 3.45. The molecule has 0 bridgehead atoms. The van der Waals surface area contributed by atoms with Crippen LogP contribution >= 0.6 is 15.9 Å². The molecule has 1 fully saturated rings. The van der Waals surface area contributed by atoms with Gasteiger partial charge in [0, 0.05) is 17.9 Å². The third-order valence-corrected chi connectivity index (χ3v) is 4.33. The number of halogens is 1. The van der Waals surface area contributed by atoms with Crippen molar-refractivity contribution in [2.24, 2.45) is 0 Å². The van der Waals surface area contributed by atoms with Crippen LogP contribution in [-0.2, 0) is 10.3 Å². The summed E-state index contributed by atoms with van der Waals surface area (Å²) in [6, 6.07) is 5.67. The van der Waals surface area contributed by atoms with Crippen molar-refractivity contribution in [2.75, 3.05) is 18.9 Å². The Bertz CT molecular complexity index is 606. The molecule has 1 aliphatic rings. The number of nitrogens with two attached hydrogens (primary N) is 1. The highest BCUT2D eigenvalue weighted by molar-refractivity contribution is 9.10. The van der Waals surface area contributed by atoms with E-state index in [1.165, 1.54) is 0 Å². The van der Waals surface area contributed by atoms with Crippen LogP contribution in [0.1, 0.15) is 13.3 Å². The number of hydrogen-bond donors (Lipinski definition) is 1. The van der Waals surface area contributed by atoms with E-state index in [-0.39, 0.29) is 5.54 Å². The molecular formula is C12H14BrN5O. The van der Waals surface area contributed by atoms with Crippen LogP contribution in [0.15, 0.2) is 22.7 Å². The Morgan fingerprint density at radius 1 is 1.47 bits per heavy atom. The number of nitrogens with zero attached hydrogens (tertiary/aromatic N) is 4. The predicted molar refractivity (Wildman–Crippen MR) is 74.4 cm³/mol. The molecule has 19 heavy (non-hydrogen) atoms. The summed E-state index contributed by atoms with van der Waals surface area (Å²) in [7, 11) is 0. The van der Waals surface area contributed by atoms with Gasteiger partial charge in [-0.05, 0) is 51.8 Å². The second kappa shape index (κ2) is 4.57. The van der Waals surface area contributed by atoms with E-state index in [9.17, 15) is 0 Å². The van der Waals surface area contributed by atoms with Gasteiger partial charge in [0.2, 0.25) is 0 Å². The largest absolute Gasteiger partial charge is 0.398 e. The quantitative estimate of drug-likeness (QED) is 0.853. The van der Waals surface area contributed by atoms with Crippen LogP contribution in [0, 0.1) is 0 Å². The van der Waals surface area contributed by atoms with Gasteiger partial charge < -0.3 is 10.5 Å². The SMILES string of the molecule is CC1(n2nnnc2-c2cccc(N)c2Br)CCOC1. The fourth-order valence-corrected chi connectivity index (χ4v) is 2.71. The summed E-state index contributed by atoms with van der Waals surface area (Å²) in [6.07, 6.45) is 0.894. The smallest absolute Gasteiger partial charge is 0.183 e. The van der Waals surface area contributed by atoms with Gasteiger partial charge in [-0.1, -0.05) is 6.07 Å². The minimum atomic E-state index is -0.205. The first-order chi connectivity index (χ1) is 9.12. The van der Waals surface area contributed by atoms with Crippen molar-refractivity contribution in [2.45, 2.75) is 18.9 Å². The Kier molecular flexibility index (Phi) is 3.02. The molecule has 1 aromatic heterocycles. The average Bonchev–Trinajstić information content (AvgIpc) is 3.02. The molecule has 0 aliphatic carbocycles. The van der Waals surface area contributed by atoms with E-state index in [0.29, 0.717) is 18.1 Å². The van der Waals surface area contributed by atoms with Gasteiger partial charge in [0.1, 0.15) is 0 Å². The van der Waals surface area contributed by atoms with Crippen molar-refractivity contribution in [3.63, 3.8) is 0 Å². The van der Waals surface area contributed by atoms with Crippen LogP contribution in [0.25, 0.3) is 11.4 Å². The summed E-state index contributed by atoms with van der Waals surface area (Å²) >= 11 is 3.50. The Morgan fingerprint density at radius 2 is 2.32 bits per heavy atom. The number of tetrazole rings is 1. The van der Waals surface area contributed by atoms with Crippen molar-refractivity contribution in [1.82, 2.24) is 20.2 Å². The van der Waals surface area contributed by atoms with E-state index in [1.807, 2.05) is 22.9 Å². The molecular weight excluding hydrogens is 310 g/mol. The zero-order chi connectivity index (χ0) is 13.5. The summed E-state index contributed by atoms with van der Waals surface area (Å²) in [5.74, 6) is 0.701. The molecule has 2 heterocycles. The standard InChI is InChI=1S/C12H14BrN5O/c1-12(5-6-19-7-12)18-11(15-16-17-18)8-3-2-4-9(14)10(8)13/h2-4H,5-7,14H2,1H3. The molecule has 0 spiro atoms. The topological polar surface area (TPSA) is 78.9 Å². The molecule has 1 saturated heterocycles. The molecule has 2 aromatic rings. The van der Waals surface area contributed by atoms with Crippen molar-refractivity contribution < 1.29 is 4.74 Å². The summed E-state index contributed by atoms with van der Waals surface area (Å²) in [4.78, 5) is 0. The molecule has 0 saturated carbocycles. The first-order valence-electron chi connectivity index (χ1n) is 6.03. The van der Waals surface area contributed by atoms with Crippen LogP contribution in [0.4, 0.5) is 5.69 Å². The maximum atomic E-state index is 5.91. The molecule has 1 aromatic carbocycles. The number of hydrogen-bond acceptors (Lipinski definition) is 5. The molecule has 6 nitrogen and oxygen atoms in total. The zero-order valence-corrected chi connectivity index (χ0v) is 12.1. The average molecular weight is 324 g/mol. The molecule has 100 valence electrons. The summed E-state index contributed by atoms with van der Waals surface area (Å²) in [5, 5.41) is 12.1. The van der Waals surface area contributed by atoms with Crippen LogP contribution in [0.2, 0.25) is 0 Å². The number of rotatable bonds is 2. The summed E-state index contributed by atoms with van der Waals surface area (Å²) in [5.41, 5.74) is 7.26. The predicted octanol–water partition coefficient (Wildman–Crippen LogP) is 1.82. The van der Waals surface area contributed by atoms with Gasteiger partial charge in [-0.2, -0.15) is 0 Å². The van der Waals surface area contributed by atoms with E-state index in [2.05, 4.69) is 38.4 Å². The van der Waals surface area contributed by atoms with Crippen LogP contribution in [-0.4, -0.2) is 33.4 Å². The van der Waals surface area contributed by atoms with E-state index in [1.54, 1.807) is 0 Å². The van der Waals surface area contributed by atoms with Crippen molar-refractivity contribution >= 4 is 21.6 Å². The van der Waals surface area contributed by atoms with Gasteiger partial charge in [0.25, 0.3) is 0 Å². The molecule has 1 aliphatic heterocycles. The highest BCUT2D eigenvalue weighted by atomic mass is 79.9. The lowest BCUT2D eigenvalue weighted by Gasteiger charge is -2.23. The van der Waals surface area contributed by atoms with Crippen molar-refractivity contribution in [1.29, 1.82) is 0 Å². The van der Waals surface area contributed by atoms with Gasteiger partial charge >= 0.3 is 0 Å². The minimum absolute atomic E-state index is 0.205. The van der Waals surface area contributed by atoms with Crippen LogP contribution in [0.3, 0.4) is 0 Å². The van der Waals surface area contributed by atoms with Crippen molar-refractivity contribution in [3.8, 4) is 11.4 Å². The lowest BCUT2D eigenvalue weighted by atomic mass is 10.0. The molecule has 1 unspecified atom stereocenters. The molecule has 2 N–H and O–H groups in total. The minimum Gasteiger partial charge on any atom is -0.398 e. The number of nitrogen functional groups attached to an aromatic ring is 1. The first kappa shape index (κ1) is 12.6. The highest BCUT2D eigenvalue weighted by Crippen LogP contribution is 2.35. The molecule has 1 atom stereocenters. The van der Waals surface area contributed by atoms with E-state index in [4.69, 9.17) is 10.5 Å². The third kappa shape index (κ3) is 2.02. The Morgan fingerprint density at radius 3 is 3.05 bits per heavy atom. The summed E-state index contributed by atoms with van der Waals surface area (Å²) < 4.78 is 8.12. The lowest BCUT2D eigenvalue weighted by molar-refractivity contribution is 0.155. The van der Waals surface area contributed by atoms with Gasteiger partial charge in [0.05, 0.1) is 16.6 Å². The lowest BCUT2D eigenvalue weighted by Crippen LogP contribution is -2.32. The van der Waals surface area contributed by atoms with Gasteiger partial charge in [-0.3, -0.25) is 0 Å². The van der Waals surface area contributed by atoms with Crippen LogP contribution < -0.4 is 5.73 Å². The van der Waals surface area contributed by atoms with Gasteiger partial charge in [-0.25, -0.2) is 4.68 Å². The zero-order valence-electron chi connectivity index (χ0n) is 10.5. The second-order valence-corrected chi connectivity index (χ2v) is 5.72. The number of ether oxygens (including phenoxy) is 1. The molecule has 0 amide bonds. The van der Waals surface area contributed by atoms with E-state index in [0.717, 1.165) is 23.1 Å². The van der Waals surface area contributed by atoms with Gasteiger partial charge in [0.15, 0.2) is 5.82 Å². The normalized spacial score (nSPS) is 22.8. The fourth-order valence-electron chi connectivity index (χ4n) is 2.26. The van der Waals surface area contributed by atoms with E-state index >= 15 is 0 Å². The van der Waals surface area contributed by atoms with Crippen LogP contribution in [0.5, 0.6) is 0 Å². The second-order valence-electron chi connectivity index (χ2n) is 4.92. The van der Waals surface area contributed by atoms with E-state index < -0.39 is 0 Å². The first-order valence-corrected chi connectivity index (χ1v) is 6.82. The monoisotopic (exact) mass is 323 g/mol. The fraction of sp³-hybridized carbons (Fsp3) is 0.417. The van der Waals surface area contributed by atoms with Gasteiger partial charge in [-0.15, -0.1) is 5.10 Å². The molecule has 7 heteroatoms. The Balaban J connectivity index is 2.12. The Hall–Kier alpha value is -1.47. The number of benzene rings is 1. The molecule has 0 radical (unpaired) electrons. The Labute approximate surface area is 119 Å². The molecule has 3 rings (SSSR count). The highest BCUT2D eigenvalue weighted by Gasteiger charge is 2.35. The maximum Gasteiger partial charge on any atom is 0.183 e. The number of anilines is 1.